The first kappa shape index (κ1) is 14.0. The van der Waals surface area contributed by atoms with E-state index in [1.54, 1.807) is 7.11 Å². The minimum Gasteiger partial charge on any atom is -0.496 e. The molecule has 2 nitrogen and oxygen atoms in total. The molecule has 17 heavy (non-hydrogen) atoms. The van der Waals surface area contributed by atoms with Crippen molar-refractivity contribution in [2.24, 2.45) is 5.73 Å². The number of hydrogen-bond acceptors (Lipinski definition) is 2. The predicted octanol–water partition coefficient (Wildman–Crippen LogP) is 3.41. The Balaban J connectivity index is 3.15. The van der Waals surface area contributed by atoms with E-state index in [-0.39, 0.29) is 11.0 Å². The lowest BCUT2D eigenvalue weighted by atomic mass is 9.74. The van der Waals surface area contributed by atoms with Gasteiger partial charge in [0.25, 0.3) is 0 Å². The van der Waals surface area contributed by atoms with Crippen LogP contribution in [0.15, 0.2) is 18.2 Å². The van der Waals surface area contributed by atoms with Crippen LogP contribution in [0.5, 0.6) is 5.75 Å². The summed E-state index contributed by atoms with van der Waals surface area (Å²) in [6.45, 7) is 10.7. The molecule has 0 aromatic heterocycles. The summed E-state index contributed by atoms with van der Waals surface area (Å²) in [7, 11) is 1.71. The van der Waals surface area contributed by atoms with E-state index in [1.165, 1.54) is 11.1 Å². The van der Waals surface area contributed by atoms with Crippen LogP contribution in [0, 0.1) is 6.92 Å². The third kappa shape index (κ3) is 3.47. The van der Waals surface area contributed by atoms with Gasteiger partial charge in [0, 0.05) is 5.54 Å². The summed E-state index contributed by atoms with van der Waals surface area (Å²) in [5.74, 6) is 0.949. The van der Waals surface area contributed by atoms with Gasteiger partial charge in [-0.15, -0.1) is 0 Å². The molecule has 0 saturated heterocycles. The molecule has 0 atom stereocenters. The van der Waals surface area contributed by atoms with Gasteiger partial charge in [-0.25, -0.2) is 0 Å². The van der Waals surface area contributed by atoms with Gasteiger partial charge in [-0.3, -0.25) is 0 Å². The molecule has 0 saturated carbocycles. The van der Waals surface area contributed by atoms with Crippen molar-refractivity contribution in [3.63, 3.8) is 0 Å². The Morgan fingerprint density at radius 1 is 1.18 bits per heavy atom. The summed E-state index contributed by atoms with van der Waals surface area (Å²) in [5, 5.41) is 0. The first-order valence-electron chi connectivity index (χ1n) is 6.10. The van der Waals surface area contributed by atoms with Crippen molar-refractivity contribution in [1.82, 2.24) is 0 Å². The van der Waals surface area contributed by atoms with Crippen molar-refractivity contribution in [2.45, 2.75) is 52.0 Å². The lowest BCUT2D eigenvalue weighted by Gasteiger charge is -2.34. The quantitative estimate of drug-likeness (QED) is 0.868. The van der Waals surface area contributed by atoms with Gasteiger partial charge in [0.15, 0.2) is 0 Å². The molecule has 0 spiro atoms. The van der Waals surface area contributed by atoms with Gasteiger partial charge in [-0.2, -0.15) is 0 Å². The lowest BCUT2D eigenvalue weighted by Crippen LogP contribution is -2.39. The zero-order chi connectivity index (χ0) is 13.3. The number of rotatable bonds is 4. The largest absolute Gasteiger partial charge is 0.496 e. The number of ether oxygens (including phenoxy) is 1. The average Bonchev–Trinajstić information content (AvgIpc) is 2.14. The molecule has 0 bridgehead atoms. The van der Waals surface area contributed by atoms with Gasteiger partial charge in [0.05, 0.1) is 7.11 Å². The van der Waals surface area contributed by atoms with Gasteiger partial charge < -0.3 is 10.5 Å². The monoisotopic (exact) mass is 235 g/mol. The van der Waals surface area contributed by atoms with Gasteiger partial charge in [0.1, 0.15) is 5.75 Å². The van der Waals surface area contributed by atoms with E-state index < -0.39 is 0 Å². The molecule has 2 N–H and O–H groups in total. The zero-order valence-corrected chi connectivity index (χ0v) is 11.9. The molecule has 0 aliphatic carbocycles. The molecule has 1 rings (SSSR count). The molecule has 96 valence electrons. The van der Waals surface area contributed by atoms with E-state index in [2.05, 4.69) is 40.7 Å². The second kappa shape index (κ2) is 4.69. The van der Waals surface area contributed by atoms with E-state index >= 15 is 0 Å². The minimum absolute atomic E-state index is 0.0525. The highest BCUT2D eigenvalue weighted by atomic mass is 16.5. The zero-order valence-electron chi connectivity index (χ0n) is 11.9. The van der Waals surface area contributed by atoms with Crippen molar-refractivity contribution < 1.29 is 4.74 Å². The van der Waals surface area contributed by atoms with Crippen LogP contribution in [0.4, 0.5) is 0 Å². The van der Waals surface area contributed by atoms with E-state index in [0.717, 1.165) is 12.2 Å². The fourth-order valence-electron chi connectivity index (χ4n) is 2.80. The molecule has 0 unspecified atom stereocenters. The predicted molar refractivity (Wildman–Crippen MR) is 73.6 cm³/mol. The van der Waals surface area contributed by atoms with Crippen LogP contribution in [0.3, 0.4) is 0 Å². The molecule has 2 heteroatoms. The summed E-state index contributed by atoms with van der Waals surface area (Å²) in [4.78, 5) is 0. The maximum atomic E-state index is 6.15. The van der Waals surface area contributed by atoms with Crippen molar-refractivity contribution in [3.05, 3.63) is 29.3 Å². The molecular weight excluding hydrogens is 210 g/mol. The molecule has 0 amide bonds. The summed E-state index contributed by atoms with van der Waals surface area (Å²) < 4.78 is 5.38. The smallest absolute Gasteiger partial charge is 0.122 e. The summed E-state index contributed by atoms with van der Waals surface area (Å²) in [5.41, 5.74) is 8.56. The first-order valence-corrected chi connectivity index (χ1v) is 6.10. The molecule has 0 aliphatic rings. The van der Waals surface area contributed by atoms with Crippen LogP contribution < -0.4 is 10.5 Å². The normalized spacial score (nSPS) is 12.6. The fraction of sp³-hybridized carbons (Fsp3) is 0.600. The maximum Gasteiger partial charge on any atom is 0.122 e. The minimum atomic E-state index is -0.168. The Bertz CT molecular complexity index is 388. The average molecular weight is 235 g/mol. The number of methoxy groups -OCH3 is 1. The Morgan fingerprint density at radius 2 is 1.76 bits per heavy atom. The maximum absolute atomic E-state index is 6.15. The first-order chi connectivity index (χ1) is 7.67. The molecule has 1 aromatic rings. The Hall–Kier alpha value is -1.02. The van der Waals surface area contributed by atoms with E-state index in [9.17, 15) is 0 Å². The van der Waals surface area contributed by atoms with Crippen molar-refractivity contribution in [2.75, 3.05) is 7.11 Å². The Labute approximate surface area is 105 Å². The molecule has 0 aliphatic heterocycles. The van der Waals surface area contributed by atoms with Gasteiger partial charge in [-0.05, 0) is 49.8 Å². The molecule has 0 radical (unpaired) electrons. The number of nitrogens with two attached hydrogens (primary N) is 1. The van der Waals surface area contributed by atoms with Crippen LogP contribution in [-0.4, -0.2) is 12.6 Å². The van der Waals surface area contributed by atoms with Crippen LogP contribution in [0.25, 0.3) is 0 Å². The molecule has 1 aromatic carbocycles. The SMILES string of the molecule is COc1cccc(C(C)(C)CC(C)(C)N)c1C. The summed E-state index contributed by atoms with van der Waals surface area (Å²) in [6.07, 6.45) is 0.938. The molecule has 0 fully saturated rings. The summed E-state index contributed by atoms with van der Waals surface area (Å²) >= 11 is 0. The highest BCUT2D eigenvalue weighted by Crippen LogP contribution is 2.36. The number of benzene rings is 1. The summed E-state index contributed by atoms with van der Waals surface area (Å²) in [6, 6.07) is 6.22. The standard InChI is InChI=1S/C15H25NO/c1-11-12(8-7-9-13(11)17-6)14(2,3)10-15(4,5)16/h7-9H,10,16H2,1-6H3. The van der Waals surface area contributed by atoms with E-state index in [0.29, 0.717) is 0 Å². The van der Waals surface area contributed by atoms with Gasteiger partial charge >= 0.3 is 0 Å². The van der Waals surface area contributed by atoms with E-state index in [1.807, 2.05) is 12.1 Å². The van der Waals surface area contributed by atoms with Gasteiger partial charge in [-0.1, -0.05) is 26.0 Å². The van der Waals surface area contributed by atoms with Crippen molar-refractivity contribution in [3.8, 4) is 5.75 Å². The van der Waals surface area contributed by atoms with Crippen LogP contribution in [0.2, 0.25) is 0 Å². The third-order valence-electron chi connectivity index (χ3n) is 3.13. The van der Waals surface area contributed by atoms with Crippen LogP contribution >= 0.6 is 0 Å². The fourth-order valence-corrected chi connectivity index (χ4v) is 2.80. The van der Waals surface area contributed by atoms with Gasteiger partial charge in [0.2, 0.25) is 0 Å². The lowest BCUT2D eigenvalue weighted by molar-refractivity contribution is 0.346. The Kier molecular flexibility index (Phi) is 3.88. The molecule has 0 heterocycles. The van der Waals surface area contributed by atoms with Crippen LogP contribution in [-0.2, 0) is 5.41 Å². The van der Waals surface area contributed by atoms with Crippen LogP contribution in [0.1, 0.15) is 45.2 Å². The Morgan fingerprint density at radius 3 is 2.24 bits per heavy atom. The number of hydrogen-bond donors (Lipinski definition) is 1. The second-order valence-corrected chi connectivity index (χ2v) is 6.18. The second-order valence-electron chi connectivity index (χ2n) is 6.18. The van der Waals surface area contributed by atoms with E-state index in [4.69, 9.17) is 10.5 Å². The highest BCUT2D eigenvalue weighted by molar-refractivity contribution is 5.42. The van der Waals surface area contributed by atoms with Crippen molar-refractivity contribution >= 4 is 0 Å². The van der Waals surface area contributed by atoms with Crippen molar-refractivity contribution in [1.29, 1.82) is 0 Å². The molecular formula is C15H25NO. The topological polar surface area (TPSA) is 35.2 Å². The third-order valence-corrected chi connectivity index (χ3v) is 3.13. The highest BCUT2D eigenvalue weighted by Gasteiger charge is 2.29.